The van der Waals surface area contributed by atoms with Gasteiger partial charge in [-0.15, -0.1) is 0 Å². The molecular weight excluding hydrogens is 182 g/mol. The van der Waals surface area contributed by atoms with Gasteiger partial charge in [-0.1, -0.05) is 53.4 Å². The van der Waals surface area contributed by atoms with E-state index in [2.05, 4.69) is 33.0 Å². The SMILES string of the molecule is CC1CCC(CCNCC(C)(C)C)CC1. The van der Waals surface area contributed by atoms with Crippen LogP contribution in [0.3, 0.4) is 0 Å². The van der Waals surface area contributed by atoms with E-state index < -0.39 is 0 Å². The van der Waals surface area contributed by atoms with Gasteiger partial charge in [-0.05, 0) is 36.8 Å². The van der Waals surface area contributed by atoms with Crippen LogP contribution in [0, 0.1) is 17.3 Å². The van der Waals surface area contributed by atoms with Crippen molar-refractivity contribution in [2.45, 2.75) is 59.8 Å². The van der Waals surface area contributed by atoms with Gasteiger partial charge in [0.25, 0.3) is 0 Å². The molecule has 1 aliphatic carbocycles. The van der Waals surface area contributed by atoms with Gasteiger partial charge in [0.15, 0.2) is 0 Å². The molecule has 1 saturated carbocycles. The average molecular weight is 211 g/mol. The van der Waals surface area contributed by atoms with Crippen molar-refractivity contribution >= 4 is 0 Å². The zero-order valence-electron chi connectivity index (χ0n) is 11.1. The molecule has 0 spiro atoms. The molecule has 0 aromatic carbocycles. The summed E-state index contributed by atoms with van der Waals surface area (Å²) >= 11 is 0. The van der Waals surface area contributed by atoms with Crippen molar-refractivity contribution < 1.29 is 0 Å². The van der Waals surface area contributed by atoms with Crippen molar-refractivity contribution in [3.05, 3.63) is 0 Å². The Morgan fingerprint density at radius 1 is 1.07 bits per heavy atom. The van der Waals surface area contributed by atoms with E-state index in [4.69, 9.17) is 0 Å². The molecule has 1 heteroatoms. The largest absolute Gasteiger partial charge is 0.316 e. The molecule has 0 unspecified atom stereocenters. The minimum atomic E-state index is 0.432. The van der Waals surface area contributed by atoms with Gasteiger partial charge < -0.3 is 5.32 Å². The molecule has 1 N–H and O–H groups in total. The Hall–Kier alpha value is -0.0400. The van der Waals surface area contributed by atoms with E-state index in [1.165, 1.54) is 38.6 Å². The third-order valence-electron chi connectivity index (χ3n) is 3.52. The van der Waals surface area contributed by atoms with Gasteiger partial charge in [0, 0.05) is 0 Å². The first kappa shape index (κ1) is 13.0. The van der Waals surface area contributed by atoms with Crippen molar-refractivity contribution in [2.75, 3.05) is 13.1 Å². The lowest BCUT2D eigenvalue weighted by molar-refractivity contribution is 0.270. The Balaban J connectivity index is 2.01. The predicted octanol–water partition coefficient (Wildman–Crippen LogP) is 3.84. The Bertz CT molecular complexity index is 161. The molecule has 0 aromatic heterocycles. The summed E-state index contributed by atoms with van der Waals surface area (Å²) in [5, 5.41) is 3.58. The van der Waals surface area contributed by atoms with Crippen LogP contribution in [0.5, 0.6) is 0 Å². The highest BCUT2D eigenvalue weighted by Crippen LogP contribution is 2.29. The summed E-state index contributed by atoms with van der Waals surface area (Å²) < 4.78 is 0. The van der Waals surface area contributed by atoms with Crippen molar-refractivity contribution in [3.8, 4) is 0 Å². The van der Waals surface area contributed by atoms with Crippen LogP contribution in [0.2, 0.25) is 0 Å². The second-order valence-corrected chi connectivity index (χ2v) is 6.65. The quantitative estimate of drug-likeness (QED) is 0.697. The molecule has 0 atom stereocenters. The van der Waals surface area contributed by atoms with Crippen LogP contribution in [-0.4, -0.2) is 13.1 Å². The van der Waals surface area contributed by atoms with Gasteiger partial charge >= 0.3 is 0 Å². The maximum Gasteiger partial charge on any atom is -0.0000124 e. The molecule has 1 rings (SSSR count). The van der Waals surface area contributed by atoms with Crippen molar-refractivity contribution in [3.63, 3.8) is 0 Å². The molecule has 1 nitrogen and oxygen atoms in total. The Labute approximate surface area is 96.0 Å². The van der Waals surface area contributed by atoms with Gasteiger partial charge in [-0.2, -0.15) is 0 Å². The number of hydrogen-bond donors (Lipinski definition) is 1. The summed E-state index contributed by atoms with van der Waals surface area (Å²) in [6.07, 6.45) is 7.26. The summed E-state index contributed by atoms with van der Waals surface area (Å²) in [6, 6.07) is 0. The molecule has 0 amide bonds. The topological polar surface area (TPSA) is 12.0 Å². The minimum absolute atomic E-state index is 0.432. The van der Waals surface area contributed by atoms with E-state index in [1.807, 2.05) is 0 Å². The van der Waals surface area contributed by atoms with Crippen molar-refractivity contribution in [1.82, 2.24) is 5.32 Å². The molecule has 1 fully saturated rings. The molecular formula is C14H29N. The van der Waals surface area contributed by atoms with Gasteiger partial charge in [0.2, 0.25) is 0 Å². The average Bonchev–Trinajstić information content (AvgIpc) is 2.14. The fourth-order valence-corrected chi connectivity index (χ4v) is 2.39. The molecule has 0 saturated heterocycles. The highest BCUT2D eigenvalue weighted by atomic mass is 14.9. The van der Waals surface area contributed by atoms with E-state index >= 15 is 0 Å². The molecule has 0 radical (unpaired) electrons. The van der Waals surface area contributed by atoms with E-state index in [-0.39, 0.29) is 0 Å². The summed E-state index contributed by atoms with van der Waals surface area (Å²) in [6.45, 7) is 11.6. The Kier molecular flexibility index (Phi) is 5.11. The van der Waals surface area contributed by atoms with Crippen molar-refractivity contribution in [2.24, 2.45) is 17.3 Å². The standard InChI is InChI=1S/C14H29N/c1-12-5-7-13(8-6-12)9-10-15-11-14(2,3)4/h12-13,15H,5-11H2,1-4H3. The highest BCUT2D eigenvalue weighted by molar-refractivity contribution is 4.71. The van der Waals surface area contributed by atoms with Crippen LogP contribution in [0.1, 0.15) is 59.8 Å². The van der Waals surface area contributed by atoms with Crippen LogP contribution >= 0.6 is 0 Å². The van der Waals surface area contributed by atoms with Crippen LogP contribution in [0.15, 0.2) is 0 Å². The second kappa shape index (κ2) is 5.89. The summed E-state index contributed by atoms with van der Waals surface area (Å²) in [7, 11) is 0. The minimum Gasteiger partial charge on any atom is -0.316 e. The highest BCUT2D eigenvalue weighted by Gasteiger charge is 2.17. The lowest BCUT2D eigenvalue weighted by Crippen LogP contribution is -2.29. The van der Waals surface area contributed by atoms with Gasteiger partial charge in [-0.25, -0.2) is 0 Å². The maximum atomic E-state index is 3.58. The van der Waals surface area contributed by atoms with Gasteiger partial charge in [0.1, 0.15) is 0 Å². The van der Waals surface area contributed by atoms with E-state index in [1.54, 1.807) is 0 Å². The summed E-state index contributed by atoms with van der Waals surface area (Å²) in [5.41, 5.74) is 0.432. The second-order valence-electron chi connectivity index (χ2n) is 6.65. The number of nitrogens with one attached hydrogen (secondary N) is 1. The molecule has 0 aromatic rings. The van der Waals surface area contributed by atoms with Crippen molar-refractivity contribution in [1.29, 1.82) is 0 Å². The monoisotopic (exact) mass is 211 g/mol. The molecule has 1 aliphatic rings. The normalized spacial score (nSPS) is 28.0. The first-order chi connectivity index (χ1) is 6.97. The van der Waals surface area contributed by atoms with Gasteiger partial charge in [0.05, 0.1) is 0 Å². The van der Waals surface area contributed by atoms with Crippen LogP contribution in [0.4, 0.5) is 0 Å². The number of hydrogen-bond acceptors (Lipinski definition) is 1. The molecule has 15 heavy (non-hydrogen) atoms. The first-order valence-electron chi connectivity index (χ1n) is 6.68. The molecule has 0 bridgehead atoms. The lowest BCUT2D eigenvalue weighted by Gasteiger charge is -2.26. The summed E-state index contributed by atoms with van der Waals surface area (Å²) in [4.78, 5) is 0. The first-order valence-corrected chi connectivity index (χ1v) is 6.68. The smallest absolute Gasteiger partial charge is 0.0000124 e. The van der Waals surface area contributed by atoms with E-state index in [0.717, 1.165) is 18.4 Å². The Morgan fingerprint density at radius 2 is 1.67 bits per heavy atom. The molecule has 0 heterocycles. The third-order valence-corrected chi connectivity index (χ3v) is 3.52. The van der Waals surface area contributed by atoms with E-state index in [0.29, 0.717) is 5.41 Å². The zero-order valence-corrected chi connectivity index (χ0v) is 11.1. The van der Waals surface area contributed by atoms with Crippen LogP contribution in [-0.2, 0) is 0 Å². The van der Waals surface area contributed by atoms with E-state index in [9.17, 15) is 0 Å². The zero-order chi connectivity index (χ0) is 11.3. The maximum absolute atomic E-state index is 3.58. The van der Waals surface area contributed by atoms with Crippen LogP contribution < -0.4 is 5.32 Å². The fraction of sp³-hybridized carbons (Fsp3) is 1.00. The summed E-state index contributed by atoms with van der Waals surface area (Å²) in [5.74, 6) is 2.00. The third kappa shape index (κ3) is 6.19. The van der Waals surface area contributed by atoms with Gasteiger partial charge in [-0.3, -0.25) is 0 Å². The fourth-order valence-electron chi connectivity index (χ4n) is 2.39. The predicted molar refractivity (Wildman–Crippen MR) is 68.1 cm³/mol. The van der Waals surface area contributed by atoms with Crippen LogP contribution in [0.25, 0.3) is 0 Å². The molecule has 0 aliphatic heterocycles. The Morgan fingerprint density at radius 3 is 2.20 bits per heavy atom. The lowest BCUT2D eigenvalue weighted by atomic mass is 9.81. The number of rotatable bonds is 4. The molecule has 90 valence electrons.